The second-order valence-electron chi connectivity index (χ2n) is 11.3. The number of allylic oxidation sites excluding steroid dienone is 1. The molecule has 40 heavy (non-hydrogen) atoms. The molecule has 2 aliphatic carbocycles. The number of likely N-dealkylation sites (N-methyl/N-ethyl adjacent to an activating group) is 2. The SMILES string of the molecule is COc1ccc(C)c2c1CC1(C(=O)N(C)C(=O)N1C)C1=C2C(=O)c2[nH]cc(CCNC(=O)OC(C)(C)C)c2C1=O. The normalized spacial score (nSPS) is 20.2. The molecule has 5 rings (SSSR count). The molecule has 0 radical (unpaired) electrons. The zero-order chi connectivity index (χ0) is 29.3. The highest BCUT2D eigenvalue weighted by atomic mass is 16.6. The number of Topliss-reactive ketones (excluding diaryl/α,β-unsaturated/α-hetero) is 2. The van der Waals surface area contributed by atoms with Crippen molar-refractivity contribution in [1.82, 2.24) is 20.1 Å². The molecule has 1 aliphatic heterocycles. The number of hydrogen-bond donors (Lipinski definition) is 2. The highest BCUT2D eigenvalue weighted by molar-refractivity contribution is 6.43. The Morgan fingerprint density at radius 1 is 1.10 bits per heavy atom. The molecule has 3 aliphatic rings. The summed E-state index contributed by atoms with van der Waals surface area (Å²) in [5, 5.41) is 2.66. The number of nitrogens with one attached hydrogen (secondary N) is 2. The predicted molar refractivity (Wildman–Crippen MR) is 144 cm³/mol. The highest BCUT2D eigenvalue weighted by Gasteiger charge is 2.63. The van der Waals surface area contributed by atoms with Gasteiger partial charge in [0.25, 0.3) is 5.91 Å². The van der Waals surface area contributed by atoms with Crippen molar-refractivity contribution in [1.29, 1.82) is 0 Å². The number of alkyl carbamates (subject to hydrolysis) is 1. The molecule has 11 heteroatoms. The topological polar surface area (TPSA) is 138 Å². The van der Waals surface area contributed by atoms with Gasteiger partial charge in [-0.2, -0.15) is 0 Å². The van der Waals surface area contributed by atoms with Crippen LogP contribution in [0.15, 0.2) is 23.9 Å². The number of ketones is 2. The Labute approximate surface area is 231 Å². The smallest absolute Gasteiger partial charge is 0.407 e. The van der Waals surface area contributed by atoms with E-state index in [2.05, 4.69) is 10.3 Å². The number of imide groups is 1. The molecule has 1 unspecified atom stereocenters. The van der Waals surface area contributed by atoms with E-state index in [1.54, 1.807) is 39.1 Å². The van der Waals surface area contributed by atoms with Crippen molar-refractivity contribution < 1.29 is 33.4 Å². The summed E-state index contributed by atoms with van der Waals surface area (Å²) < 4.78 is 10.9. The highest BCUT2D eigenvalue weighted by Crippen LogP contribution is 2.51. The van der Waals surface area contributed by atoms with Crippen LogP contribution in [-0.4, -0.2) is 83.3 Å². The number of fused-ring (bicyclic) bond motifs is 4. The standard InChI is InChI=1S/C29H32N4O7/c1-14-8-9-17(39-7)16-12-29(25(36)32(5)27(38)33(29)6)21-20(18(14)16)24(35)22-19(23(21)34)15(13-31-22)10-11-30-26(37)40-28(2,3)4/h8-9,13,31H,10-12H2,1-7H3,(H,30,37). The Kier molecular flexibility index (Phi) is 6.16. The van der Waals surface area contributed by atoms with Crippen LogP contribution in [0.5, 0.6) is 5.75 Å². The van der Waals surface area contributed by atoms with Crippen LogP contribution in [0.2, 0.25) is 0 Å². The fourth-order valence-corrected chi connectivity index (χ4v) is 5.99. The van der Waals surface area contributed by atoms with Gasteiger partial charge < -0.3 is 24.7 Å². The molecule has 1 fully saturated rings. The third kappa shape index (κ3) is 3.75. The van der Waals surface area contributed by atoms with Gasteiger partial charge in [0.2, 0.25) is 5.78 Å². The molecule has 1 aromatic heterocycles. The maximum Gasteiger partial charge on any atom is 0.407 e. The number of aromatic amines is 1. The third-order valence-electron chi connectivity index (χ3n) is 7.78. The number of hydrogen-bond acceptors (Lipinski definition) is 7. The number of nitrogens with zero attached hydrogens (tertiary/aromatic N) is 2. The average Bonchev–Trinajstić information content (AvgIpc) is 3.37. The summed E-state index contributed by atoms with van der Waals surface area (Å²) in [6.45, 7) is 7.24. The summed E-state index contributed by atoms with van der Waals surface area (Å²) in [5.41, 5.74) is 0.310. The first-order valence-electron chi connectivity index (χ1n) is 13.0. The Morgan fingerprint density at radius 3 is 2.40 bits per heavy atom. The number of rotatable bonds is 4. The number of benzene rings is 1. The predicted octanol–water partition coefficient (Wildman–Crippen LogP) is 3.05. The molecular formula is C29H32N4O7. The van der Waals surface area contributed by atoms with Gasteiger partial charge in [0.1, 0.15) is 11.4 Å². The first-order valence-corrected chi connectivity index (χ1v) is 13.0. The van der Waals surface area contributed by atoms with Gasteiger partial charge in [-0.25, -0.2) is 9.59 Å². The van der Waals surface area contributed by atoms with Crippen molar-refractivity contribution in [3.63, 3.8) is 0 Å². The van der Waals surface area contributed by atoms with Crippen LogP contribution in [0.25, 0.3) is 5.57 Å². The van der Waals surface area contributed by atoms with Crippen LogP contribution in [0.3, 0.4) is 0 Å². The van der Waals surface area contributed by atoms with E-state index in [-0.39, 0.29) is 41.8 Å². The molecule has 2 aromatic rings. The van der Waals surface area contributed by atoms with Gasteiger partial charge in [-0.15, -0.1) is 0 Å². The van der Waals surface area contributed by atoms with Crippen LogP contribution < -0.4 is 10.1 Å². The van der Waals surface area contributed by atoms with Crippen LogP contribution >= 0.6 is 0 Å². The molecule has 11 nitrogen and oxygen atoms in total. The van der Waals surface area contributed by atoms with E-state index < -0.39 is 40.7 Å². The zero-order valence-electron chi connectivity index (χ0n) is 23.6. The lowest BCUT2D eigenvalue weighted by Crippen LogP contribution is -2.56. The van der Waals surface area contributed by atoms with E-state index in [9.17, 15) is 24.0 Å². The van der Waals surface area contributed by atoms with Crippen LogP contribution in [0.4, 0.5) is 9.59 Å². The lowest BCUT2D eigenvalue weighted by atomic mass is 9.65. The van der Waals surface area contributed by atoms with Crippen LogP contribution in [-0.2, 0) is 22.4 Å². The van der Waals surface area contributed by atoms with Crippen molar-refractivity contribution in [3.8, 4) is 5.75 Å². The lowest BCUT2D eigenvalue weighted by Gasteiger charge is -2.42. The van der Waals surface area contributed by atoms with Crippen molar-refractivity contribution in [3.05, 3.63) is 57.4 Å². The number of aromatic nitrogens is 1. The number of urea groups is 1. The molecule has 0 saturated carbocycles. The van der Waals surface area contributed by atoms with Crippen molar-refractivity contribution in [2.45, 2.75) is 51.7 Å². The van der Waals surface area contributed by atoms with Gasteiger partial charge >= 0.3 is 12.1 Å². The summed E-state index contributed by atoms with van der Waals surface area (Å²) in [6.07, 6.45) is 1.17. The molecule has 2 N–H and O–H groups in total. The van der Waals surface area contributed by atoms with Crippen molar-refractivity contribution in [2.75, 3.05) is 27.7 Å². The zero-order valence-corrected chi connectivity index (χ0v) is 23.6. The number of ether oxygens (including phenoxy) is 2. The first kappa shape index (κ1) is 27.2. The van der Waals surface area contributed by atoms with E-state index in [0.29, 0.717) is 22.4 Å². The summed E-state index contributed by atoms with van der Waals surface area (Å²) in [6, 6.07) is 2.98. The lowest BCUT2D eigenvalue weighted by molar-refractivity contribution is -0.130. The van der Waals surface area contributed by atoms with E-state index in [1.807, 2.05) is 6.92 Å². The van der Waals surface area contributed by atoms with Gasteiger partial charge in [0, 0.05) is 50.0 Å². The van der Waals surface area contributed by atoms with Crippen LogP contribution in [0, 0.1) is 6.92 Å². The second-order valence-corrected chi connectivity index (χ2v) is 11.3. The average molecular weight is 549 g/mol. The maximum absolute atomic E-state index is 14.4. The quantitative estimate of drug-likeness (QED) is 0.560. The number of amides is 4. The van der Waals surface area contributed by atoms with Gasteiger partial charge in [-0.05, 0) is 56.9 Å². The number of carbonyl (C=O) groups is 5. The van der Waals surface area contributed by atoms with E-state index in [0.717, 1.165) is 10.5 Å². The number of methoxy groups -OCH3 is 1. The van der Waals surface area contributed by atoms with Gasteiger partial charge in [-0.3, -0.25) is 19.3 Å². The monoisotopic (exact) mass is 548 g/mol. The molecule has 0 bridgehead atoms. The summed E-state index contributed by atoms with van der Waals surface area (Å²) in [5.74, 6) is -1.08. The Bertz CT molecular complexity index is 1540. The maximum atomic E-state index is 14.4. The van der Waals surface area contributed by atoms with Crippen LogP contribution in [0.1, 0.15) is 63.9 Å². The largest absolute Gasteiger partial charge is 0.496 e. The molecule has 1 atom stereocenters. The van der Waals surface area contributed by atoms with Gasteiger partial charge in [0.05, 0.1) is 18.4 Å². The minimum Gasteiger partial charge on any atom is -0.496 e. The molecule has 1 spiro atoms. The molecule has 4 amide bonds. The fraction of sp³-hybridized carbons (Fsp3) is 0.414. The van der Waals surface area contributed by atoms with Gasteiger partial charge in [0.15, 0.2) is 11.3 Å². The Balaban J connectivity index is 1.65. The number of H-pyrrole nitrogens is 1. The fourth-order valence-electron chi connectivity index (χ4n) is 5.99. The Hall–Kier alpha value is -4.41. The Morgan fingerprint density at radius 2 is 1.80 bits per heavy atom. The summed E-state index contributed by atoms with van der Waals surface area (Å²) in [7, 11) is 4.33. The summed E-state index contributed by atoms with van der Waals surface area (Å²) >= 11 is 0. The molecule has 1 aromatic carbocycles. The summed E-state index contributed by atoms with van der Waals surface area (Å²) in [4.78, 5) is 72.8. The minimum atomic E-state index is -1.72. The van der Waals surface area contributed by atoms with E-state index in [4.69, 9.17) is 9.47 Å². The molecule has 210 valence electrons. The second kappa shape index (κ2) is 9.07. The third-order valence-corrected chi connectivity index (χ3v) is 7.78. The molecular weight excluding hydrogens is 516 g/mol. The molecule has 1 saturated heterocycles. The van der Waals surface area contributed by atoms with E-state index in [1.165, 1.54) is 26.1 Å². The first-order chi connectivity index (χ1) is 18.7. The number of aryl methyl sites for hydroxylation is 1. The molecule has 2 heterocycles. The van der Waals surface area contributed by atoms with Crippen molar-refractivity contribution >= 4 is 35.2 Å². The minimum absolute atomic E-state index is 0.0139. The number of carbonyl (C=O) groups excluding carboxylic acids is 5. The van der Waals surface area contributed by atoms with E-state index >= 15 is 0 Å². The van der Waals surface area contributed by atoms with Crippen molar-refractivity contribution in [2.24, 2.45) is 0 Å². The van der Waals surface area contributed by atoms with Gasteiger partial charge in [-0.1, -0.05) is 6.07 Å².